The zero-order chi connectivity index (χ0) is 14.8. The minimum absolute atomic E-state index is 0.162. The van der Waals surface area contributed by atoms with Crippen LogP contribution in [0.2, 0.25) is 0 Å². The molecule has 0 aromatic carbocycles. The van der Waals surface area contributed by atoms with E-state index in [0.29, 0.717) is 10.8 Å². The van der Waals surface area contributed by atoms with Gasteiger partial charge in [0, 0.05) is 0 Å². The van der Waals surface area contributed by atoms with Crippen LogP contribution in [-0.4, -0.2) is 11.2 Å². The Bertz CT molecular complexity index is 466. The first-order chi connectivity index (χ1) is 9.95. The van der Waals surface area contributed by atoms with Crippen LogP contribution in [0.4, 0.5) is 0 Å². The maximum Gasteiger partial charge on any atom is 0.0724 e. The third-order valence-corrected chi connectivity index (χ3v) is 8.56. The smallest absolute Gasteiger partial charge is 0.0724 e. The predicted molar refractivity (Wildman–Crippen MR) is 86.9 cm³/mol. The number of hydrogen-bond donors (Lipinski definition) is 1. The van der Waals surface area contributed by atoms with Crippen molar-refractivity contribution in [3.05, 3.63) is 11.6 Å². The van der Waals surface area contributed by atoms with Crippen molar-refractivity contribution in [1.29, 1.82) is 0 Å². The lowest BCUT2D eigenvalue weighted by Crippen LogP contribution is -2.50. The van der Waals surface area contributed by atoms with Crippen LogP contribution < -0.4 is 0 Å². The maximum absolute atomic E-state index is 10.0. The van der Waals surface area contributed by atoms with Crippen LogP contribution in [0.3, 0.4) is 0 Å². The molecule has 0 aromatic rings. The van der Waals surface area contributed by atoms with E-state index in [2.05, 4.69) is 26.8 Å². The number of allylic oxidation sites excluding steroid dienone is 1. The summed E-state index contributed by atoms with van der Waals surface area (Å²) in [7, 11) is 0. The molecule has 0 heterocycles. The van der Waals surface area contributed by atoms with Crippen LogP contribution in [0.5, 0.6) is 0 Å². The lowest BCUT2D eigenvalue weighted by Gasteiger charge is -2.58. The monoisotopic (exact) mass is 288 g/mol. The summed E-state index contributed by atoms with van der Waals surface area (Å²) in [5.41, 5.74) is 2.65. The molecule has 21 heavy (non-hydrogen) atoms. The Morgan fingerprint density at radius 1 is 1.00 bits per heavy atom. The average Bonchev–Trinajstić information content (AvgIpc) is 2.76. The Morgan fingerprint density at radius 2 is 1.81 bits per heavy atom. The highest BCUT2D eigenvalue weighted by Gasteiger charge is 2.57. The molecule has 3 saturated carbocycles. The lowest BCUT2D eigenvalue weighted by atomic mass is 9.47. The molecular formula is C20H32O. The molecule has 0 bridgehead atoms. The standard InChI is InChI=1S/C20H32O/c1-13-4-7-17-16-6-5-14-12-15(21)8-10-20(14,3)18(16)9-11-19(13,17)2/h12-13,15-18,21H,4-11H2,1-3H3/t13-,15-,16?,17?,18?,19+,20-/m0/s1. The summed E-state index contributed by atoms with van der Waals surface area (Å²) in [6, 6.07) is 0. The van der Waals surface area contributed by atoms with E-state index in [4.69, 9.17) is 0 Å². The van der Waals surface area contributed by atoms with Crippen molar-refractivity contribution >= 4 is 0 Å². The molecule has 4 aliphatic rings. The van der Waals surface area contributed by atoms with Gasteiger partial charge in [-0.3, -0.25) is 0 Å². The Hall–Kier alpha value is -0.300. The van der Waals surface area contributed by atoms with Gasteiger partial charge in [0.05, 0.1) is 6.10 Å². The van der Waals surface area contributed by atoms with E-state index in [0.717, 1.165) is 30.1 Å². The second-order valence-corrected chi connectivity index (χ2v) is 9.15. The summed E-state index contributed by atoms with van der Waals surface area (Å²) in [5.74, 6) is 3.78. The molecule has 3 unspecified atom stereocenters. The van der Waals surface area contributed by atoms with Crippen molar-refractivity contribution in [3.63, 3.8) is 0 Å². The molecule has 0 amide bonds. The highest BCUT2D eigenvalue weighted by molar-refractivity contribution is 5.25. The van der Waals surface area contributed by atoms with Crippen molar-refractivity contribution in [2.45, 2.75) is 78.2 Å². The summed E-state index contributed by atoms with van der Waals surface area (Å²) in [4.78, 5) is 0. The first-order valence-corrected chi connectivity index (χ1v) is 9.34. The molecule has 118 valence electrons. The first-order valence-electron chi connectivity index (χ1n) is 9.34. The molecule has 1 N–H and O–H groups in total. The molecular weight excluding hydrogens is 256 g/mol. The van der Waals surface area contributed by atoms with Crippen LogP contribution in [0.25, 0.3) is 0 Å². The second kappa shape index (κ2) is 4.60. The van der Waals surface area contributed by atoms with Gasteiger partial charge in [-0.05, 0) is 85.9 Å². The zero-order valence-corrected chi connectivity index (χ0v) is 14.1. The number of aliphatic hydroxyl groups is 1. The highest BCUT2D eigenvalue weighted by atomic mass is 16.3. The van der Waals surface area contributed by atoms with Gasteiger partial charge < -0.3 is 5.11 Å². The normalized spacial score (nSPS) is 56.2. The SMILES string of the molecule is C[C@H]1CCC2C3CCC4=C[C@@H](O)CC[C@]4(C)C3CC[C@@]21C. The van der Waals surface area contributed by atoms with E-state index in [-0.39, 0.29) is 6.10 Å². The number of hydrogen-bond acceptors (Lipinski definition) is 1. The summed E-state index contributed by atoms with van der Waals surface area (Å²) in [5, 5.41) is 10.0. The van der Waals surface area contributed by atoms with Crippen LogP contribution in [0.15, 0.2) is 11.6 Å². The van der Waals surface area contributed by atoms with Crippen molar-refractivity contribution in [2.24, 2.45) is 34.5 Å². The fraction of sp³-hybridized carbons (Fsp3) is 0.900. The Labute approximate surface area is 130 Å². The van der Waals surface area contributed by atoms with E-state index in [1.165, 1.54) is 44.9 Å². The van der Waals surface area contributed by atoms with E-state index < -0.39 is 0 Å². The second-order valence-electron chi connectivity index (χ2n) is 9.15. The molecule has 0 radical (unpaired) electrons. The summed E-state index contributed by atoms with van der Waals surface area (Å²) >= 11 is 0. The van der Waals surface area contributed by atoms with E-state index >= 15 is 0 Å². The van der Waals surface area contributed by atoms with Crippen molar-refractivity contribution < 1.29 is 5.11 Å². The van der Waals surface area contributed by atoms with Crippen LogP contribution in [0.1, 0.15) is 72.1 Å². The summed E-state index contributed by atoms with van der Waals surface area (Å²) in [6.07, 6.45) is 12.8. The third-order valence-electron chi connectivity index (χ3n) is 8.56. The number of aliphatic hydroxyl groups excluding tert-OH is 1. The highest BCUT2D eigenvalue weighted by Crippen LogP contribution is 2.66. The molecule has 0 aromatic heterocycles. The van der Waals surface area contributed by atoms with Gasteiger partial charge in [0.1, 0.15) is 0 Å². The van der Waals surface area contributed by atoms with E-state index in [1.54, 1.807) is 5.57 Å². The Kier molecular flexibility index (Phi) is 3.13. The van der Waals surface area contributed by atoms with E-state index in [1.807, 2.05) is 0 Å². The molecule has 0 spiro atoms. The Morgan fingerprint density at radius 3 is 2.62 bits per heavy atom. The van der Waals surface area contributed by atoms with Gasteiger partial charge in [0.25, 0.3) is 0 Å². The van der Waals surface area contributed by atoms with Crippen molar-refractivity contribution in [2.75, 3.05) is 0 Å². The molecule has 3 fully saturated rings. The summed E-state index contributed by atoms with van der Waals surface area (Å²) in [6.45, 7) is 7.64. The predicted octanol–water partition coefficient (Wildman–Crippen LogP) is 4.95. The molecule has 7 atom stereocenters. The third kappa shape index (κ3) is 1.85. The zero-order valence-electron chi connectivity index (χ0n) is 14.1. The van der Waals surface area contributed by atoms with Gasteiger partial charge in [-0.2, -0.15) is 0 Å². The Balaban J connectivity index is 1.67. The van der Waals surface area contributed by atoms with Crippen molar-refractivity contribution in [1.82, 2.24) is 0 Å². The molecule has 4 aliphatic carbocycles. The molecule has 4 rings (SSSR count). The minimum atomic E-state index is -0.162. The largest absolute Gasteiger partial charge is 0.389 e. The van der Waals surface area contributed by atoms with Gasteiger partial charge in [0.2, 0.25) is 0 Å². The maximum atomic E-state index is 10.0. The van der Waals surface area contributed by atoms with Crippen molar-refractivity contribution in [3.8, 4) is 0 Å². The van der Waals surface area contributed by atoms with Gasteiger partial charge >= 0.3 is 0 Å². The van der Waals surface area contributed by atoms with Crippen LogP contribution in [0, 0.1) is 34.5 Å². The van der Waals surface area contributed by atoms with Gasteiger partial charge in [0.15, 0.2) is 0 Å². The first kappa shape index (κ1) is 14.3. The van der Waals surface area contributed by atoms with Gasteiger partial charge in [-0.25, -0.2) is 0 Å². The average molecular weight is 288 g/mol. The lowest BCUT2D eigenvalue weighted by molar-refractivity contribution is -0.0528. The molecule has 1 heteroatoms. The molecule has 0 saturated heterocycles. The molecule has 0 aliphatic heterocycles. The van der Waals surface area contributed by atoms with Crippen LogP contribution in [-0.2, 0) is 0 Å². The minimum Gasteiger partial charge on any atom is -0.389 e. The quantitative estimate of drug-likeness (QED) is 0.626. The fourth-order valence-electron chi connectivity index (χ4n) is 6.97. The summed E-state index contributed by atoms with van der Waals surface area (Å²) < 4.78 is 0. The van der Waals surface area contributed by atoms with Crippen LogP contribution >= 0.6 is 0 Å². The fourth-order valence-corrected chi connectivity index (χ4v) is 6.97. The van der Waals surface area contributed by atoms with Gasteiger partial charge in [-0.15, -0.1) is 0 Å². The van der Waals surface area contributed by atoms with E-state index in [9.17, 15) is 5.11 Å². The number of fused-ring (bicyclic) bond motifs is 5. The number of rotatable bonds is 0. The van der Waals surface area contributed by atoms with Gasteiger partial charge in [-0.1, -0.05) is 32.4 Å². The molecule has 1 nitrogen and oxygen atoms in total. The topological polar surface area (TPSA) is 20.2 Å².